The maximum Gasteiger partial charge on any atom is 0.415 e. The molecule has 0 aliphatic heterocycles. The Morgan fingerprint density at radius 1 is 1.19 bits per heavy atom. The van der Waals surface area contributed by atoms with Crippen LogP contribution in [0.1, 0.15) is 32.1 Å². The van der Waals surface area contributed by atoms with Gasteiger partial charge in [-0.3, -0.25) is 0 Å². The van der Waals surface area contributed by atoms with Crippen molar-refractivity contribution < 1.29 is 23.4 Å². The Morgan fingerprint density at radius 2 is 1.81 bits per heavy atom. The summed E-state index contributed by atoms with van der Waals surface area (Å²) in [6.45, 7) is -0.550. The van der Waals surface area contributed by atoms with Gasteiger partial charge in [0.2, 0.25) is 0 Å². The van der Waals surface area contributed by atoms with Crippen molar-refractivity contribution in [1.82, 2.24) is 5.32 Å². The molecule has 1 saturated carbocycles. The Labute approximate surface area is 92.7 Å². The van der Waals surface area contributed by atoms with Gasteiger partial charge in [0.05, 0.1) is 6.10 Å². The number of aliphatic hydroxyl groups is 2. The summed E-state index contributed by atoms with van der Waals surface area (Å²) in [7, 11) is 0. The van der Waals surface area contributed by atoms with Crippen LogP contribution >= 0.6 is 0 Å². The van der Waals surface area contributed by atoms with Gasteiger partial charge in [-0.25, -0.2) is 0 Å². The average Bonchev–Trinajstić information content (AvgIpc) is 2.38. The number of hydrogen-bond donors (Lipinski definition) is 3. The Kier molecular flexibility index (Phi) is 5.01. The minimum atomic E-state index is -4.59. The summed E-state index contributed by atoms with van der Waals surface area (Å²) in [6, 6.07) is -0.334. The van der Waals surface area contributed by atoms with E-state index in [9.17, 15) is 18.3 Å². The van der Waals surface area contributed by atoms with Gasteiger partial charge < -0.3 is 15.5 Å². The highest BCUT2D eigenvalue weighted by Crippen LogP contribution is 2.21. The van der Waals surface area contributed by atoms with Gasteiger partial charge in [-0.2, -0.15) is 13.2 Å². The first-order valence-corrected chi connectivity index (χ1v) is 5.57. The molecule has 6 heteroatoms. The lowest BCUT2D eigenvalue weighted by molar-refractivity contribution is -0.202. The van der Waals surface area contributed by atoms with Crippen molar-refractivity contribution in [1.29, 1.82) is 0 Å². The second-order valence-electron chi connectivity index (χ2n) is 4.28. The zero-order valence-electron chi connectivity index (χ0n) is 9.00. The van der Waals surface area contributed by atoms with Gasteiger partial charge in [0.1, 0.15) is 0 Å². The van der Waals surface area contributed by atoms with Crippen LogP contribution in [0.4, 0.5) is 13.2 Å². The first kappa shape index (κ1) is 13.7. The topological polar surface area (TPSA) is 52.5 Å². The van der Waals surface area contributed by atoms with Crippen LogP contribution in [0.15, 0.2) is 0 Å². The van der Waals surface area contributed by atoms with Crippen molar-refractivity contribution in [3.63, 3.8) is 0 Å². The predicted octanol–water partition coefficient (Wildman–Crippen LogP) is 1.19. The minimum absolute atomic E-state index is 0.334. The van der Waals surface area contributed by atoms with Gasteiger partial charge in [0.15, 0.2) is 6.10 Å². The van der Waals surface area contributed by atoms with Crippen LogP contribution in [0, 0.1) is 0 Å². The largest absolute Gasteiger partial charge is 0.415 e. The quantitative estimate of drug-likeness (QED) is 0.651. The lowest BCUT2D eigenvalue weighted by Crippen LogP contribution is -2.46. The van der Waals surface area contributed by atoms with E-state index in [0.29, 0.717) is 12.8 Å². The Hall–Kier alpha value is -0.330. The molecule has 1 fully saturated rings. The molecule has 3 atom stereocenters. The van der Waals surface area contributed by atoms with Crippen molar-refractivity contribution >= 4 is 0 Å². The summed E-state index contributed by atoms with van der Waals surface area (Å²) in [5, 5.41) is 21.0. The maximum atomic E-state index is 12.0. The number of halogens is 3. The number of aliphatic hydroxyl groups excluding tert-OH is 2. The normalized spacial score (nSPS) is 29.8. The zero-order valence-corrected chi connectivity index (χ0v) is 9.00. The second-order valence-corrected chi connectivity index (χ2v) is 4.28. The van der Waals surface area contributed by atoms with Gasteiger partial charge in [0.25, 0.3) is 0 Å². The molecule has 0 aromatic rings. The molecule has 96 valence electrons. The Balaban J connectivity index is 2.35. The molecule has 0 saturated heterocycles. The molecule has 1 aliphatic rings. The second kappa shape index (κ2) is 5.84. The van der Waals surface area contributed by atoms with Crippen LogP contribution in [0.25, 0.3) is 0 Å². The maximum absolute atomic E-state index is 12.0. The van der Waals surface area contributed by atoms with E-state index in [1.165, 1.54) is 0 Å². The van der Waals surface area contributed by atoms with Gasteiger partial charge in [-0.15, -0.1) is 0 Å². The standard InChI is InChI=1S/C10H18F3NO2/c11-10(12,13)9(16)6-14-7-4-2-1-3-5-8(7)15/h7-9,14-16H,1-6H2. The third-order valence-corrected chi connectivity index (χ3v) is 2.93. The van der Waals surface area contributed by atoms with Crippen LogP contribution in [-0.2, 0) is 0 Å². The number of nitrogens with one attached hydrogen (secondary N) is 1. The zero-order chi connectivity index (χ0) is 12.2. The van der Waals surface area contributed by atoms with Gasteiger partial charge in [-0.05, 0) is 12.8 Å². The first-order valence-electron chi connectivity index (χ1n) is 5.57. The van der Waals surface area contributed by atoms with Crippen LogP contribution in [0.3, 0.4) is 0 Å². The molecule has 3 nitrogen and oxygen atoms in total. The molecule has 16 heavy (non-hydrogen) atoms. The minimum Gasteiger partial charge on any atom is -0.392 e. The number of hydrogen-bond acceptors (Lipinski definition) is 3. The smallest absolute Gasteiger partial charge is 0.392 e. The molecule has 0 aromatic heterocycles. The molecule has 0 radical (unpaired) electrons. The van der Waals surface area contributed by atoms with Crippen molar-refractivity contribution in [2.75, 3.05) is 6.54 Å². The van der Waals surface area contributed by atoms with E-state index < -0.39 is 24.9 Å². The van der Waals surface area contributed by atoms with Crippen molar-refractivity contribution in [2.45, 2.75) is 56.5 Å². The van der Waals surface area contributed by atoms with E-state index in [4.69, 9.17) is 5.11 Å². The molecule has 0 amide bonds. The van der Waals surface area contributed by atoms with Crippen molar-refractivity contribution in [3.8, 4) is 0 Å². The summed E-state index contributed by atoms with van der Waals surface area (Å²) in [4.78, 5) is 0. The van der Waals surface area contributed by atoms with Gasteiger partial charge in [0, 0.05) is 12.6 Å². The first-order chi connectivity index (χ1) is 7.41. The molecule has 3 unspecified atom stereocenters. The highest BCUT2D eigenvalue weighted by Gasteiger charge is 2.38. The van der Waals surface area contributed by atoms with Crippen LogP contribution < -0.4 is 5.32 Å². The van der Waals surface area contributed by atoms with Crippen molar-refractivity contribution in [3.05, 3.63) is 0 Å². The van der Waals surface area contributed by atoms with E-state index in [0.717, 1.165) is 19.3 Å². The summed E-state index contributed by atoms with van der Waals surface area (Å²) < 4.78 is 36.1. The molecule has 0 spiro atoms. The number of rotatable bonds is 3. The van der Waals surface area contributed by atoms with Crippen LogP contribution in [0.5, 0.6) is 0 Å². The fourth-order valence-electron chi connectivity index (χ4n) is 1.90. The summed E-state index contributed by atoms with van der Waals surface area (Å²) in [5.41, 5.74) is 0. The van der Waals surface area contributed by atoms with Gasteiger partial charge in [-0.1, -0.05) is 19.3 Å². The summed E-state index contributed by atoms with van der Waals surface area (Å²) in [6.07, 6.45) is -3.49. The highest BCUT2D eigenvalue weighted by molar-refractivity contribution is 4.81. The molecule has 0 aromatic carbocycles. The van der Waals surface area contributed by atoms with E-state index in [2.05, 4.69) is 5.32 Å². The third kappa shape index (κ3) is 4.27. The predicted molar refractivity (Wildman–Crippen MR) is 52.9 cm³/mol. The van der Waals surface area contributed by atoms with E-state index in [1.54, 1.807) is 0 Å². The molecular formula is C10H18F3NO2. The van der Waals surface area contributed by atoms with Gasteiger partial charge >= 0.3 is 6.18 Å². The molecule has 0 heterocycles. The lowest BCUT2D eigenvalue weighted by atomic mass is 10.1. The molecule has 3 N–H and O–H groups in total. The monoisotopic (exact) mass is 241 g/mol. The van der Waals surface area contributed by atoms with Crippen LogP contribution in [-0.4, -0.2) is 41.2 Å². The fraction of sp³-hybridized carbons (Fsp3) is 1.00. The van der Waals surface area contributed by atoms with E-state index in [1.807, 2.05) is 0 Å². The fourth-order valence-corrected chi connectivity index (χ4v) is 1.90. The molecular weight excluding hydrogens is 223 g/mol. The number of alkyl halides is 3. The molecule has 0 bridgehead atoms. The van der Waals surface area contributed by atoms with E-state index >= 15 is 0 Å². The summed E-state index contributed by atoms with van der Waals surface area (Å²) >= 11 is 0. The lowest BCUT2D eigenvalue weighted by Gasteiger charge is -2.24. The Morgan fingerprint density at radius 3 is 2.44 bits per heavy atom. The summed E-state index contributed by atoms with van der Waals surface area (Å²) in [5.74, 6) is 0. The van der Waals surface area contributed by atoms with E-state index in [-0.39, 0.29) is 6.04 Å². The average molecular weight is 241 g/mol. The third-order valence-electron chi connectivity index (χ3n) is 2.93. The molecule has 1 aliphatic carbocycles. The van der Waals surface area contributed by atoms with Crippen molar-refractivity contribution in [2.24, 2.45) is 0 Å². The highest BCUT2D eigenvalue weighted by atomic mass is 19.4. The molecule has 1 rings (SSSR count). The van der Waals surface area contributed by atoms with Crippen LogP contribution in [0.2, 0.25) is 0 Å². The Bertz CT molecular complexity index is 211. The SMILES string of the molecule is OC1CCCCCC1NCC(O)C(F)(F)F.